The number of halogens is 1. The molecule has 0 aliphatic heterocycles. The number of amides is 1. The zero-order valence-electron chi connectivity index (χ0n) is 14.6. The largest absolute Gasteiger partial charge is 0.493 e. The van der Waals surface area contributed by atoms with Crippen LogP contribution in [0.5, 0.6) is 11.5 Å². The molecular formula is C20H19ClN2O3. The van der Waals surface area contributed by atoms with Crippen molar-refractivity contribution in [3.05, 3.63) is 58.6 Å². The van der Waals surface area contributed by atoms with E-state index < -0.39 is 5.91 Å². The van der Waals surface area contributed by atoms with E-state index in [-0.39, 0.29) is 5.57 Å². The number of hydrogen-bond acceptors (Lipinski definition) is 4. The molecule has 2 aromatic rings. The summed E-state index contributed by atoms with van der Waals surface area (Å²) in [5.41, 5.74) is 1.13. The number of hydrogen-bond donors (Lipinski definition) is 1. The molecule has 1 amide bonds. The fraction of sp³-hybridized carbons (Fsp3) is 0.200. The van der Waals surface area contributed by atoms with E-state index in [0.717, 1.165) is 6.42 Å². The maximum Gasteiger partial charge on any atom is 0.266 e. The van der Waals surface area contributed by atoms with Crippen LogP contribution >= 0.6 is 11.6 Å². The van der Waals surface area contributed by atoms with Crippen molar-refractivity contribution >= 4 is 29.3 Å². The number of ether oxygens (including phenoxy) is 2. The Morgan fingerprint density at radius 2 is 2.04 bits per heavy atom. The molecular weight excluding hydrogens is 352 g/mol. The predicted molar refractivity (Wildman–Crippen MR) is 102 cm³/mol. The molecule has 0 aromatic heterocycles. The molecule has 0 saturated heterocycles. The van der Waals surface area contributed by atoms with Crippen LogP contribution in [0.3, 0.4) is 0 Å². The van der Waals surface area contributed by atoms with Gasteiger partial charge in [-0.3, -0.25) is 4.79 Å². The zero-order valence-corrected chi connectivity index (χ0v) is 15.3. The highest BCUT2D eigenvalue weighted by Gasteiger charge is 2.14. The fourth-order valence-corrected chi connectivity index (χ4v) is 2.48. The molecule has 0 saturated carbocycles. The van der Waals surface area contributed by atoms with E-state index in [0.29, 0.717) is 34.4 Å². The number of nitriles is 1. The third kappa shape index (κ3) is 5.01. The Morgan fingerprint density at radius 1 is 1.31 bits per heavy atom. The minimum absolute atomic E-state index is 0.0470. The topological polar surface area (TPSA) is 71.3 Å². The SMILES string of the molecule is CCCOc1c(Cl)cc(/C=C(/C#N)C(=O)Nc2ccccc2)cc1OC. The van der Waals surface area contributed by atoms with Gasteiger partial charge in [-0.15, -0.1) is 0 Å². The van der Waals surface area contributed by atoms with E-state index in [1.165, 1.54) is 13.2 Å². The van der Waals surface area contributed by atoms with Crippen LogP contribution in [0.15, 0.2) is 48.0 Å². The van der Waals surface area contributed by atoms with Gasteiger partial charge >= 0.3 is 0 Å². The second-order valence-corrected chi connectivity index (χ2v) is 5.78. The third-order valence-electron chi connectivity index (χ3n) is 3.41. The second-order valence-electron chi connectivity index (χ2n) is 5.37. The van der Waals surface area contributed by atoms with Gasteiger partial charge in [-0.25, -0.2) is 0 Å². The van der Waals surface area contributed by atoms with Gasteiger partial charge in [0.1, 0.15) is 11.6 Å². The summed E-state index contributed by atoms with van der Waals surface area (Å²) < 4.78 is 10.9. The van der Waals surface area contributed by atoms with Gasteiger partial charge in [-0.05, 0) is 42.3 Å². The van der Waals surface area contributed by atoms with Crippen molar-refractivity contribution in [3.63, 3.8) is 0 Å². The first-order chi connectivity index (χ1) is 12.6. The normalized spacial score (nSPS) is 10.8. The van der Waals surface area contributed by atoms with Crippen LogP contribution in [0.1, 0.15) is 18.9 Å². The van der Waals surface area contributed by atoms with Crippen LogP contribution in [0.25, 0.3) is 6.08 Å². The lowest BCUT2D eigenvalue weighted by atomic mass is 10.1. The van der Waals surface area contributed by atoms with Gasteiger partial charge in [0.05, 0.1) is 18.7 Å². The molecule has 0 atom stereocenters. The second kappa shape index (κ2) is 9.50. The molecule has 0 aliphatic carbocycles. The van der Waals surface area contributed by atoms with Gasteiger partial charge in [0.2, 0.25) is 0 Å². The highest BCUT2D eigenvalue weighted by Crippen LogP contribution is 2.37. The monoisotopic (exact) mass is 370 g/mol. The van der Waals surface area contributed by atoms with Crippen LogP contribution in [0, 0.1) is 11.3 Å². The van der Waals surface area contributed by atoms with E-state index in [4.69, 9.17) is 21.1 Å². The fourth-order valence-electron chi connectivity index (χ4n) is 2.20. The van der Waals surface area contributed by atoms with Crippen LogP contribution < -0.4 is 14.8 Å². The van der Waals surface area contributed by atoms with Gasteiger partial charge in [0.25, 0.3) is 5.91 Å². The summed E-state index contributed by atoms with van der Waals surface area (Å²) in [5, 5.41) is 12.4. The average Bonchev–Trinajstić information content (AvgIpc) is 2.65. The van der Waals surface area contributed by atoms with Crippen molar-refractivity contribution < 1.29 is 14.3 Å². The summed E-state index contributed by atoms with van der Waals surface area (Å²) in [6.07, 6.45) is 2.29. The van der Waals surface area contributed by atoms with E-state index in [2.05, 4.69) is 5.32 Å². The van der Waals surface area contributed by atoms with Gasteiger partial charge in [-0.2, -0.15) is 5.26 Å². The van der Waals surface area contributed by atoms with Crippen LogP contribution in [0.4, 0.5) is 5.69 Å². The van der Waals surface area contributed by atoms with Crippen molar-refractivity contribution in [1.29, 1.82) is 5.26 Å². The number of nitrogens with zero attached hydrogens (tertiary/aromatic N) is 1. The maximum atomic E-state index is 12.3. The molecule has 0 heterocycles. The molecule has 1 N–H and O–H groups in total. The van der Waals surface area contributed by atoms with Crippen LogP contribution in [-0.2, 0) is 4.79 Å². The summed E-state index contributed by atoms with van der Waals surface area (Å²) >= 11 is 6.27. The van der Waals surface area contributed by atoms with Gasteiger partial charge in [-0.1, -0.05) is 36.7 Å². The first-order valence-corrected chi connectivity index (χ1v) is 8.45. The molecule has 0 radical (unpaired) electrons. The molecule has 6 heteroatoms. The lowest BCUT2D eigenvalue weighted by Gasteiger charge is -2.13. The summed E-state index contributed by atoms with van der Waals surface area (Å²) in [6.45, 7) is 2.50. The van der Waals surface area contributed by atoms with Gasteiger partial charge < -0.3 is 14.8 Å². The summed E-state index contributed by atoms with van der Waals surface area (Å²) in [6, 6.07) is 14.1. The smallest absolute Gasteiger partial charge is 0.266 e. The Kier molecular flexibility index (Phi) is 7.07. The number of para-hydroxylation sites is 1. The van der Waals surface area contributed by atoms with Gasteiger partial charge in [0.15, 0.2) is 11.5 Å². The highest BCUT2D eigenvalue weighted by atomic mass is 35.5. The predicted octanol–water partition coefficient (Wildman–Crippen LogP) is 4.68. The molecule has 0 unspecified atom stereocenters. The number of rotatable bonds is 7. The Hall–Kier alpha value is -2.97. The summed E-state index contributed by atoms with van der Waals surface area (Å²) in [7, 11) is 1.51. The van der Waals surface area contributed by atoms with Crippen LogP contribution in [-0.4, -0.2) is 19.6 Å². The molecule has 5 nitrogen and oxygen atoms in total. The van der Waals surface area contributed by atoms with E-state index >= 15 is 0 Å². The Balaban J connectivity index is 2.29. The molecule has 2 rings (SSSR count). The first kappa shape index (κ1) is 19.4. The molecule has 0 bridgehead atoms. The van der Waals surface area contributed by atoms with E-state index in [9.17, 15) is 10.1 Å². The number of carbonyl (C=O) groups is 1. The van der Waals surface area contributed by atoms with Gasteiger partial charge in [0, 0.05) is 5.69 Å². The lowest BCUT2D eigenvalue weighted by molar-refractivity contribution is -0.112. The zero-order chi connectivity index (χ0) is 18.9. The van der Waals surface area contributed by atoms with Crippen LogP contribution in [0.2, 0.25) is 5.02 Å². The Bertz CT molecular complexity index is 842. The number of benzene rings is 2. The molecule has 2 aromatic carbocycles. The van der Waals surface area contributed by atoms with Crippen molar-refractivity contribution in [2.75, 3.05) is 19.0 Å². The Labute approximate surface area is 157 Å². The highest BCUT2D eigenvalue weighted by molar-refractivity contribution is 6.32. The minimum Gasteiger partial charge on any atom is -0.493 e. The Morgan fingerprint density at radius 3 is 2.65 bits per heavy atom. The number of carbonyl (C=O) groups excluding carboxylic acids is 1. The van der Waals surface area contributed by atoms with Crippen molar-refractivity contribution in [1.82, 2.24) is 0 Å². The summed E-state index contributed by atoms with van der Waals surface area (Å²) in [4.78, 5) is 12.3. The number of anilines is 1. The van der Waals surface area contributed by atoms with E-state index in [1.807, 2.05) is 19.1 Å². The molecule has 0 spiro atoms. The number of nitrogens with one attached hydrogen (secondary N) is 1. The molecule has 0 fully saturated rings. The van der Waals surface area contributed by atoms with E-state index in [1.54, 1.807) is 36.4 Å². The number of methoxy groups -OCH3 is 1. The van der Waals surface area contributed by atoms with Crippen molar-refractivity contribution in [3.8, 4) is 17.6 Å². The molecule has 26 heavy (non-hydrogen) atoms. The van der Waals surface area contributed by atoms with Crippen molar-refractivity contribution in [2.45, 2.75) is 13.3 Å². The summed E-state index contributed by atoms with van der Waals surface area (Å²) in [5.74, 6) is 0.387. The first-order valence-electron chi connectivity index (χ1n) is 8.07. The maximum absolute atomic E-state index is 12.3. The third-order valence-corrected chi connectivity index (χ3v) is 3.69. The minimum atomic E-state index is -0.500. The average molecular weight is 371 g/mol. The van der Waals surface area contributed by atoms with Crippen molar-refractivity contribution in [2.24, 2.45) is 0 Å². The standard InChI is InChI=1S/C20H19ClN2O3/c1-3-9-26-19-17(21)11-14(12-18(19)25-2)10-15(13-22)20(24)23-16-7-5-4-6-8-16/h4-8,10-12H,3,9H2,1-2H3,(H,23,24)/b15-10-. The lowest BCUT2D eigenvalue weighted by Crippen LogP contribution is -2.13. The quantitative estimate of drug-likeness (QED) is 0.567. The molecule has 0 aliphatic rings. The molecule has 134 valence electrons.